The first kappa shape index (κ1) is 31.8. The molecule has 1 N–H and O–H groups in total. The maximum absolute atomic E-state index is 14.2. The summed E-state index contributed by atoms with van der Waals surface area (Å²) >= 11 is 0. The molecule has 0 aliphatic heterocycles. The molecule has 41 heavy (non-hydrogen) atoms. The Balaban J connectivity index is 2.09. The van der Waals surface area contributed by atoms with Crippen LogP contribution in [0.4, 0.5) is 10.1 Å². The van der Waals surface area contributed by atoms with E-state index in [2.05, 4.69) is 5.32 Å². The van der Waals surface area contributed by atoms with E-state index in [0.717, 1.165) is 37.4 Å². The molecule has 0 saturated carbocycles. The third-order valence-electron chi connectivity index (χ3n) is 6.69. The van der Waals surface area contributed by atoms with Gasteiger partial charge < -0.3 is 10.2 Å². The molecule has 0 radical (unpaired) electrons. The molecule has 0 spiro atoms. The van der Waals surface area contributed by atoms with Crippen molar-refractivity contribution < 1.29 is 22.4 Å². The highest BCUT2D eigenvalue weighted by molar-refractivity contribution is 7.90. The van der Waals surface area contributed by atoms with Gasteiger partial charge in [-0.1, -0.05) is 68.4 Å². The van der Waals surface area contributed by atoms with Crippen LogP contribution in [0.5, 0.6) is 0 Å². The van der Waals surface area contributed by atoms with Crippen molar-refractivity contribution in [3.63, 3.8) is 0 Å². The third-order valence-corrected chi connectivity index (χ3v) is 8.51. The molecule has 0 aliphatic carbocycles. The van der Waals surface area contributed by atoms with Gasteiger partial charge in [0.15, 0.2) is 0 Å². The molecule has 3 aromatic carbocycles. The number of hydrogen-bond acceptors (Lipinski definition) is 4. The van der Waals surface area contributed by atoms with Gasteiger partial charge >= 0.3 is 10.2 Å². The van der Waals surface area contributed by atoms with E-state index in [4.69, 9.17) is 0 Å². The summed E-state index contributed by atoms with van der Waals surface area (Å²) in [4.78, 5) is 29.3. The van der Waals surface area contributed by atoms with Crippen LogP contribution in [0.2, 0.25) is 0 Å². The van der Waals surface area contributed by atoms with Crippen LogP contribution in [-0.4, -0.2) is 62.7 Å². The smallest absolute Gasteiger partial charge is 0.304 e. The first-order chi connectivity index (χ1) is 19.4. The van der Waals surface area contributed by atoms with Crippen molar-refractivity contribution in [3.05, 3.63) is 101 Å². The molecule has 0 saturated heterocycles. The average Bonchev–Trinajstić information content (AvgIpc) is 2.94. The van der Waals surface area contributed by atoms with Crippen molar-refractivity contribution in [3.8, 4) is 0 Å². The summed E-state index contributed by atoms with van der Waals surface area (Å²) in [6, 6.07) is 20.9. The van der Waals surface area contributed by atoms with E-state index < -0.39 is 34.5 Å². The second-order valence-corrected chi connectivity index (χ2v) is 12.6. The maximum atomic E-state index is 14.2. The molecule has 3 aromatic rings. The predicted octanol–water partition coefficient (Wildman–Crippen LogP) is 4.16. The van der Waals surface area contributed by atoms with E-state index in [1.54, 1.807) is 0 Å². The summed E-state index contributed by atoms with van der Waals surface area (Å²) in [5.74, 6) is -1.24. The number of rotatable bonds is 13. The molecule has 0 aliphatic rings. The van der Waals surface area contributed by atoms with Crippen molar-refractivity contribution in [2.24, 2.45) is 5.92 Å². The highest BCUT2D eigenvalue weighted by Crippen LogP contribution is 2.23. The van der Waals surface area contributed by atoms with Crippen molar-refractivity contribution in [1.29, 1.82) is 0 Å². The van der Waals surface area contributed by atoms with Gasteiger partial charge in [-0.05, 0) is 53.8 Å². The van der Waals surface area contributed by atoms with Crippen molar-refractivity contribution in [2.75, 3.05) is 31.5 Å². The van der Waals surface area contributed by atoms with Gasteiger partial charge in [0.25, 0.3) is 0 Å². The highest BCUT2D eigenvalue weighted by atomic mass is 32.2. The second-order valence-electron chi connectivity index (χ2n) is 10.6. The molecule has 10 heteroatoms. The number of amides is 2. The molecule has 220 valence electrons. The van der Waals surface area contributed by atoms with Crippen LogP contribution in [0.25, 0.3) is 0 Å². The number of hydrogen-bond donors (Lipinski definition) is 1. The molecule has 8 nitrogen and oxygen atoms in total. The first-order valence-corrected chi connectivity index (χ1v) is 14.9. The fraction of sp³-hybridized carbons (Fsp3) is 0.355. The topological polar surface area (TPSA) is 90.0 Å². The fourth-order valence-corrected chi connectivity index (χ4v) is 5.33. The minimum absolute atomic E-state index is 0.0946. The Morgan fingerprint density at radius 2 is 1.51 bits per heavy atom. The highest BCUT2D eigenvalue weighted by Gasteiger charge is 2.35. The standard InChI is InChI=1S/C31H39FN4O4S/c1-23(2)20-33-31(38)29(19-25-12-7-6-8-13-25)35(21-26-14-10-9-11-24(26)3)30(37)22-36(41(39,40)34(4)5)28-17-15-27(32)16-18-28/h6-18,23,29H,19-22H2,1-5H3,(H,33,38)/t29-/m0/s1. The zero-order valence-electron chi connectivity index (χ0n) is 24.2. The van der Waals surface area contributed by atoms with Crippen LogP contribution in [0, 0.1) is 18.7 Å². The quantitative estimate of drug-likeness (QED) is 0.328. The summed E-state index contributed by atoms with van der Waals surface area (Å²) in [5.41, 5.74) is 2.76. The number of benzene rings is 3. The molecule has 0 bridgehead atoms. The molecule has 2 amide bonds. The lowest BCUT2D eigenvalue weighted by Crippen LogP contribution is -2.54. The Hall–Kier alpha value is -3.76. The van der Waals surface area contributed by atoms with Crippen LogP contribution in [0.15, 0.2) is 78.9 Å². The van der Waals surface area contributed by atoms with E-state index in [1.807, 2.05) is 75.4 Å². The number of anilines is 1. The van der Waals surface area contributed by atoms with Gasteiger partial charge in [-0.15, -0.1) is 0 Å². The van der Waals surface area contributed by atoms with Crippen LogP contribution >= 0.6 is 0 Å². The van der Waals surface area contributed by atoms with Gasteiger partial charge in [0.1, 0.15) is 18.4 Å². The predicted molar refractivity (Wildman–Crippen MR) is 160 cm³/mol. The molecule has 1 atom stereocenters. The van der Waals surface area contributed by atoms with E-state index in [0.29, 0.717) is 6.54 Å². The van der Waals surface area contributed by atoms with Gasteiger partial charge in [0.2, 0.25) is 11.8 Å². The normalized spacial score (nSPS) is 12.3. The number of nitrogens with zero attached hydrogens (tertiary/aromatic N) is 3. The monoisotopic (exact) mass is 582 g/mol. The van der Waals surface area contributed by atoms with Crippen molar-refractivity contribution in [2.45, 2.75) is 39.8 Å². The largest absolute Gasteiger partial charge is 0.354 e. The number of carbonyl (C=O) groups is 2. The summed E-state index contributed by atoms with van der Waals surface area (Å²) in [6.07, 6.45) is 0.235. The van der Waals surface area contributed by atoms with E-state index in [-0.39, 0.29) is 30.5 Å². The van der Waals surface area contributed by atoms with Gasteiger partial charge in [-0.3, -0.25) is 9.59 Å². The SMILES string of the molecule is Cc1ccccc1CN(C(=O)CN(c1ccc(F)cc1)S(=O)(=O)N(C)C)[C@@H](Cc1ccccc1)C(=O)NCC(C)C. The lowest BCUT2D eigenvalue weighted by Gasteiger charge is -2.34. The number of halogens is 1. The zero-order valence-corrected chi connectivity index (χ0v) is 25.1. The zero-order chi connectivity index (χ0) is 30.2. The van der Waals surface area contributed by atoms with Gasteiger partial charge in [-0.25, -0.2) is 8.70 Å². The fourth-order valence-electron chi connectivity index (χ4n) is 4.27. The van der Waals surface area contributed by atoms with Crippen molar-refractivity contribution in [1.82, 2.24) is 14.5 Å². The summed E-state index contributed by atoms with van der Waals surface area (Å²) < 4.78 is 42.4. The number of aryl methyl sites for hydroxylation is 1. The second kappa shape index (κ2) is 14.2. The van der Waals surface area contributed by atoms with Crippen LogP contribution < -0.4 is 9.62 Å². The maximum Gasteiger partial charge on any atom is 0.304 e. The third kappa shape index (κ3) is 8.61. The lowest BCUT2D eigenvalue weighted by atomic mass is 10.0. The minimum atomic E-state index is -4.14. The Morgan fingerprint density at radius 3 is 2.10 bits per heavy atom. The Morgan fingerprint density at radius 1 is 0.902 bits per heavy atom. The molecular formula is C31H39FN4O4S. The van der Waals surface area contributed by atoms with Gasteiger partial charge in [0, 0.05) is 33.6 Å². The minimum Gasteiger partial charge on any atom is -0.354 e. The summed E-state index contributed by atoms with van der Waals surface area (Å²) in [5, 5.41) is 2.96. The van der Waals surface area contributed by atoms with Crippen molar-refractivity contribution >= 4 is 27.7 Å². The number of carbonyl (C=O) groups excluding carboxylic acids is 2. The average molecular weight is 583 g/mol. The van der Waals surface area contributed by atoms with Crippen LogP contribution in [-0.2, 0) is 32.8 Å². The van der Waals surface area contributed by atoms with Crippen LogP contribution in [0.3, 0.4) is 0 Å². The number of nitrogens with one attached hydrogen (secondary N) is 1. The van der Waals surface area contributed by atoms with E-state index >= 15 is 0 Å². The van der Waals surface area contributed by atoms with E-state index in [9.17, 15) is 22.4 Å². The Bertz CT molecular complexity index is 1410. The molecule has 0 aromatic heterocycles. The summed E-state index contributed by atoms with van der Waals surface area (Å²) in [7, 11) is -1.42. The first-order valence-electron chi connectivity index (χ1n) is 13.5. The Kier molecular flexibility index (Phi) is 11.0. The summed E-state index contributed by atoms with van der Waals surface area (Å²) in [6.45, 7) is 5.82. The lowest BCUT2D eigenvalue weighted by molar-refractivity contribution is -0.140. The van der Waals surface area contributed by atoms with Gasteiger partial charge in [-0.2, -0.15) is 12.7 Å². The molecule has 3 rings (SSSR count). The van der Waals surface area contributed by atoms with Gasteiger partial charge in [0.05, 0.1) is 5.69 Å². The Labute approximate surface area is 243 Å². The molecule has 0 fully saturated rings. The molecular weight excluding hydrogens is 543 g/mol. The van der Waals surface area contributed by atoms with Crippen LogP contribution in [0.1, 0.15) is 30.5 Å². The van der Waals surface area contributed by atoms with E-state index in [1.165, 1.54) is 31.1 Å². The molecule has 0 heterocycles. The molecule has 0 unspecified atom stereocenters.